The van der Waals surface area contributed by atoms with E-state index >= 15 is 0 Å². The molecule has 3 N–H and O–H groups in total. The number of nitrogens with one attached hydrogen (secondary N) is 3. The van der Waals surface area contributed by atoms with Crippen LogP contribution in [0.5, 0.6) is 0 Å². The molecular weight excluding hydrogens is 316 g/mol. The molecule has 2 amide bonds. The van der Waals surface area contributed by atoms with Crippen molar-refractivity contribution in [3.63, 3.8) is 0 Å². The maximum atomic E-state index is 12.2. The molecule has 0 bridgehead atoms. The summed E-state index contributed by atoms with van der Waals surface area (Å²) >= 11 is 0. The summed E-state index contributed by atoms with van der Waals surface area (Å²) in [6.07, 6.45) is 5.61. The fourth-order valence-electron chi connectivity index (χ4n) is 3.82. The molecule has 6 nitrogen and oxygen atoms in total. The summed E-state index contributed by atoms with van der Waals surface area (Å²) in [4.78, 5) is 24.2. The number of carbonyl (C=O) groups excluding carboxylic acids is 2. The number of hydrogen-bond donors (Lipinski definition) is 3. The number of aromatic nitrogens is 2. The van der Waals surface area contributed by atoms with E-state index in [2.05, 4.69) is 20.8 Å². The third kappa shape index (κ3) is 3.16. The van der Waals surface area contributed by atoms with Gasteiger partial charge in [0.05, 0.1) is 18.2 Å². The Kier molecular flexibility index (Phi) is 4.26. The zero-order valence-electron chi connectivity index (χ0n) is 14.1. The minimum atomic E-state index is -0.234. The summed E-state index contributed by atoms with van der Waals surface area (Å²) in [5.74, 6) is -0.150. The molecule has 1 aliphatic carbocycles. The van der Waals surface area contributed by atoms with E-state index in [-0.39, 0.29) is 24.3 Å². The van der Waals surface area contributed by atoms with Gasteiger partial charge < -0.3 is 10.6 Å². The van der Waals surface area contributed by atoms with Crippen molar-refractivity contribution < 1.29 is 9.59 Å². The summed E-state index contributed by atoms with van der Waals surface area (Å²) in [6, 6.07) is 7.20. The molecule has 0 fully saturated rings. The second-order valence-corrected chi connectivity index (χ2v) is 6.75. The molecule has 130 valence electrons. The molecule has 4 rings (SSSR count). The number of fused-ring (bicyclic) bond motifs is 2. The Morgan fingerprint density at radius 2 is 2.08 bits per heavy atom. The van der Waals surface area contributed by atoms with Crippen LogP contribution in [0.2, 0.25) is 0 Å². The van der Waals surface area contributed by atoms with Gasteiger partial charge in [-0.25, -0.2) is 0 Å². The van der Waals surface area contributed by atoms with Gasteiger partial charge in [0.1, 0.15) is 0 Å². The van der Waals surface area contributed by atoms with Crippen LogP contribution in [0.1, 0.15) is 58.2 Å². The van der Waals surface area contributed by atoms with Gasteiger partial charge in [-0.05, 0) is 42.9 Å². The van der Waals surface area contributed by atoms with E-state index in [9.17, 15) is 9.59 Å². The van der Waals surface area contributed by atoms with Crippen molar-refractivity contribution in [3.8, 4) is 0 Å². The third-order valence-electron chi connectivity index (χ3n) is 5.10. The molecule has 0 spiro atoms. The number of nitrogens with zero attached hydrogens (tertiary/aromatic N) is 1. The van der Waals surface area contributed by atoms with E-state index in [0.29, 0.717) is 12.1 Å². The molecular formula is C19H22N4O2. The zero-order chi connectivity index (χ0) is 17.2. The van der Waals surface area contributed by atoms with Gasteiger partial charge in [0.15, 0.2) is 0 Å². The topological polar surface area (TPSA) is 86.9 Å². The van der Waals surface area contributed by atoms with Crippen LogP contribution in [0.3, 0.4) is 0 Å². The molecule has 1 atom stereocenters. The average Bonchev–Trinajstić information content (AvgIpc) is 3.17. The molecule has 0 radical (unpaired) electrons. The quantitative estimate of drug-likeness (QED) is 0.777. The average molecular weight is 338 g/mol. The standard InChI is InChI=1S/C19H22N4O2/c24-18(11-17-12-5-1-2-6-13(12)19(25)21-17)20-10-9-16-14-7-3-4-8-15(14)22-23-16/h1-2,5-6,17H,3-4,7-11H2,(H,20,24)(H,21,25)(H,22,23)/t17-/m1/s1. The normalized spacial score (nSPS) is 18.4. The van der Waals surface area contributed by atoms with Crippen molar-refractivity contribution in [2.75, 3.05) is 6.54 Å². The highest BCUT2D eigenvalue weighted by Crippen LogP contribution is 2.27. The van der Waals surface area contributed by atoms with Crippen LogP contribution >= 0.6 is 0 Å². The zero-order valence-corrected chi connectivity index (χ0v) is 14.1. The van der Waals surface area contributed by atoms with Gasteiger partial charge in [-0.2, -0.15) is 5.10 Å². The lowest BCUT2D eigenvalue weighted by molar-refractivity contribution is -0.121. The first-order chi connectivity index (χ1) is 12.2. The minimum Gasteiger partial charge on any atom is -0.356 e. The van der Waals surface area contributed by atoms with E-state index in [1.165, 1.54) is 24.1 Å². The summed E-state index contributed by atoms with van der Waals surface area (Å²) in [6.45, 7) is 0.568. The smallest absolute Gasteiger partial charge is 0.252 e. The van der Waals surface area contributed by atoms with E-state index in [1.54, 1.807) is 6.07 Å². The van der Waals surface area contributed by atoms with Crippen molar-refractivity contribution in [2.24, 2.45) is 0 Å². The van der Waals surface area contributed by atoms with Crippen LogP contribution in [0, 0.1) is 0 Å². The van der Waals surface area contributed by atoms with Crippen LogP contribution in [0.15, 0.2) is 24.3 Å². The minimum absolute atomic E-state index is 0.0496. The van der Waals surface area contributed by atoms with Crippen molar-refractivity contribution in [1.29, 1.82) is 0 Å². The van der Waals surface area contributed by atoms with Gasteiger partial charge in [0.2, 0.25) is 5.91 Å². The lowest BCUT2D eigenvalue weighted by Crippen LogP contribution is -2.30. The van der Waals surface area contributed by atoms with Gasteiger partial charge in [-0.15, -0.1) is 0 Å². The van der Waals surface area contributed by atoms with Crippen LogP contribution in [0.25, 0.3) is 0 Å². The number of benzene rings is 1. The Balaban J connectivity index is 1.30. The number of carbonyl (C=O) groups is 2. The molecule has 2 aromatic rings. The van der Waals surface area contributed by atoms with Crippen molar-refractivity contribution >= 4 is 11.8 Å². The van der Waals surface area contributed by atoms with E-state index < -0.39 is 0 Å². The first-order valence-electron chi connectivity index (χ1n) is 8.94. The summed E-state index contributed by atoms with van der Waals surface area (Å²) in [5, 5.41) is 13.4. The maximum absolute atomic E-state index is 12.2. The van der Waals surface area contributed by atoms with E-state index in [1.807, 2.05) is 18.2 Å². The van der Waals surface area contributed by atoms with E-state index in [0.717, 1.165) is 30.5 Å². The number of aryl methyl sites for hydroxylation is 1. The predicted molar refractivity (Wildman–Crippen MR) is 93.2 cm³/mol. The summed E-state index contributed by atoms with van der Waals surface area (Å²) in [7, 11) is 0. The fraction of sp³-hybridized carbons (Fsp3) is 0.421. The van der Waals surface area contributed by atoms with E-state index in [4.69, 9.17) is 0 Å². The first-order valence-corrected chi connectivity index (χ1v) is 8.94. The number of amides is 2. The molecule has 1 aromatic heterocycles. The van der Waals surface area contributed by atoms with Gasteiger partial charge in [0, 0.05) is 24.2 Å². The molecule has 0 unspecified atom stereocenters. The summed E-state index contributed by atoms with van der Waals surface area (Å²) in [5.41, 5.74) is 5.26. The Hall–Kier alpha value is -2.63. The number of rotatable bonds is 5. The predicted octanol–water partition coefficient (Wildman–Crippen LogP) is 1.82. The molecule has 0 saturated carbocycles. The van der Waals surface area contributed by atoms with Crippen LogP contribution < -0.4 is 10.6 Å². The second-order valence-electron chi connectivity index (χ2n) is 6.75. The Labute approximate surface area is 146 Å². The Bertz CT molecular complexity index is 812. The monoisotopic (exact) mass is 338 g/mol. The molecule has 1 aliphatic heterocycles. The lowest BCUT2D eigenvalue weighted by atomic mass is 9.95. The highest BCUT2D eigenvalue weighted by atomic mass is 16.2. The van der Waals surface area contributed by atoms with Crippen molar-refractivity contribution in [2.45, 2.75) is 44.6 Å². The van der Waals surface area contributed by atoms with Gasteiger partial charge in [0.25, 0.3) is 5.91 Å². The van der Waals surface area contributed by atoms with Crippen molar-refractivity contribution in [3.05, 3.63) is 52.3 Å². The number of hydrogen-bond acceptors (Lipinski definition) is 3. The largest absolute Gasteiger partial charge is 0.356 e. The van der Waals surface area contributed by atoms with Crippen LogP contribution in [-0.4, -0.2) is 28.6 Å². The highest BCUT2D eigenvalue weighted by molar-refractivity contribution is 5.99. The van der Waals surface area contributed by atoms with Gasteiger partial charge in [-0.1, -0.05) is 18.2 Å². The highest BCUT2D eigenvalue weighted by Gasteiger charge is 2.29. The second kappa shape index (κ2) is 6.70. The molecule has 2 heterocycles. The lowest BCUT2D eigenvalue weighted by Gasteiger charge is -2.13. The third-order valence-corrected chi connectivity index (χ3v) is 5.10. The number of H-pyrrole nitrogens is 1. The Morgan fingerprint density at radius 1 is 1.24 bits per heavy atom. The molecule has 2 aliphatic rings. The Morgan fingerprint density at radius 3 is 3.00 bits per heavy atom. The van der Waals surface area contributed by atoms with Crippen molar-refractivity contribution in [1.82, 2.24) is 20.8 Å². The maximum Gasteiger partial charge on any atom is 0.252 e. The molecule has 25 heavy (non-hydrogen) atoms. The first kappa shape index (κ1) is 15.9. The van der Waals surface area contributed by atoms with Gasteiger partial charge in [-0.3, -0.25) is 14.7 Å². The number of aromatic amines is 1. The van der Waals surface area contributed by atoms with Gasteiger partial charge >= 0.3 is 0 Å². The SMILES string of the molecule is O=C(C[C@H]1NC(=O)c2ccccc21)NCCc1n[nH]c2c1CCCC2. The van der Waals surface area contributed by atoms with Crippen LogP contribution in [0.4, 0.5) is 0 Å². The molecule has 0 saturated heterocycles. The summed E-state index contributed by atoms with van der Waals surface area (Å²) < 4.78 is 0. The van der Waals surface area contributed by atoms with Crippen LogP contribution in [-0.2, 0) is 24.1 Å². The molecule has 6 heteroatoms. The fourth-order valence-corrected chi connectivity index (χ4v) is 3.82. The molecule has 1 aromatic carbocycles.